The van der Waals surface area contributed by atoms with Gasteiger partial charge in [0.05, 0.1) is 0 Å². The van der Waals surface area contributed by atoms with Gasteiger partial charge < -0.3 is 14.2 Å². The van der Waals surface area contributed by atoms with Crippen LogP contribution in [0.5, 0.6) is 0 Å². The number of ether oxygens (including phenoxy) is 3. The molecule has 60 heavy (non-hydrogen) atoms. The molecule has 1 unspecified atom stereocenters. The van der Waals surface area contributed by atoms with E-state index >= 15 is 0 Å². The fourth-order valence-electron chi connectivity index (χ4n) is 5.97. The predicted molar refractivity (Wildman–Crippen MR) is 256 cm³/mol. The van der Waals surface area contributed by atoms with E-state index in [1.165, 1.54) is 32.1 Å². The van der Waals surface area contributed by atoms with Crippen molar-refractivity contribution in [3.63, 3.8) is 0 Å². The van der Waals surface area contributed by atoms with Gasteiger partial charge >= 0.3 is 17.9 Å². The van der Waals surface area contributed by atoms with E-state index in [1.807, 2.05) is 12.2 Å². The molecule has 0 amide bonds. The molecule has 0 aliphatic rings. The highest BCUT2D eigenvalue weighted by molar-refractivity contribution is 5.71. The van der Waals surface area contributed by atoms with Crippen molar-refractivity contribution in [2.75, 3.05) is 13.2 Å². The molecule has 0 fully saturated rings. The molecule has 0 aliphatic heterocycles. The van der Waals surface area contributed by atoms with Crippen molar-refractivity contribution in [3.8, 4) is 0 Å². The maximum absolute atomic E-state index is 12.7. The van der Waals surface area contributed by atoms with Crippen LogP contribution in [-0.4, -0.2) is 37.2 Å². The SMILES string of the molecule is CC/C=C\C/C=C\C/C=C\C/C=C\C/C=C\CCC(=O)OCC(COC(=O)CCCCCCC/C=C\CCCCC)OC(=O)CCCCCC/C=C\C/C=C\C/C=C\CC. The van der Waals surface area contributed by atoms with Crippen LogP contribution in [0.25, 0.3) is 0 Å². The first-order valence-electron chi connectivity index (χ1n) is 23.9. The van der Waals surface area contributed by atoms with E-state index in [4.69, 9.17) is 14.2 Å². The fraction of sp³-hybridized carbons (Fsp3) is 0.611. The minimum atomic E-state index is -0.823. The van der Waals surface area contributed by atoms with Crippen molar-refractivity contribution in [1.82, 2.24) is 0 Å². The maximum atomic E-state index is 12.7. The molecule has 0 aromatic heterocycles. The van der Waals surface area contributed by atoms with Crippen molar-refractivity contribution in [2.24, 2.45) is 0 Å². The molecule has 0 aromatic rings. The lowest BCUT2D eigenvalue weighted by atomic mass is 10.1. The number of allylic oxidation sites excluding steroid dienone is 18. The number of hydrogen-bond donors (Lipinski definition) is 0. The van der Waals surface area contributed by atoms with Crippen LogP contribution in [0, 0.1) is 0 Å². The van der Waals surface area contributed by atoms with Gasteiger partial charge in [-0.1, -0.05) is 175 Å². The highest BCUT2D eigenvalue weighted by Crippen LogP contribution is 2.12. The summed E-state index contributed by atoms with van der Waals surface area (Å²) in [6.07, 6.45) is 63.7. The van der Waals surface area contributed by atoms with E-state index in [-0.39, 0.29) is 44.0 Å². The Labute approximate surface area is 368 Å². The summed E-state index contributed by atoms with van der Waals surface area (Å²) >= 11 is 0. The van der Waals surface area contributed by atoms with Crippen LogP contribution < -0.4 is 0 Å². The van der Waals surface area contributed by atoms with E-state index in [9.17, 15) is 14.4 Å². The third-order valence-electron chi connectivity index (χ3n) is 9.51. The second-order valence-corrected chi connectivity index (χ2v) is 15.2. The van der Waals surface area contributed by atoms with Gasteiger partial charge in [-0.2, -0.15) is 0 Å². The van der Waals surface area contributed by atoms with Crippen LogP contribution in [0.2, 0.25) is 0 Å². The summed E-state index contributed by atoms with van der Waals surface area (Å²) in [5.74, 6) is -1.04. The van der Waals surface area contributed by atoms with Crippen LogP contribution in [-0.2, 0) is 28.6 Å². The Balaban J connectivity index is 4.57. The monoisotopic (exact) mass is 831 g/mol. The van der Waals surface area contributed by atoms with Gasteiger partial charge in [-0.15, -0.1) is 0 Å². The Morgan fingerprint density at radius 2 is 0.683 bits per heavy atom. The topological polar surface area (TPSA) is 78.9 Å². The molecule has 0 N–H and O–H groups in total. The first kappa shape index (κ1) is 56.1. The van der Waals surface area contributed by atoms with Crippen LogP contribution in [0.4, 0.5) is 0 Å². The minimum absolute atomic E-state index is 0.117. The smallest absolute Gasteiger partial charge is 0.306 e. The Bertz CT molecular complexity index is 1280. The van der Waals surface area contributed by atoms with Crippen LogP contribution in [0.3, 0.4) is 0 Å². The van der Waals surface area contributed by atoms with Crippen LogP contribution >= 0.6 is 0 Å². The van der Waals surface area contributed by atoms with E-state index in [0.29, 0.717) is 12.8 Å². The molecule has 0 rings (SSSR count). The van der Waals surface area contributed by atoms with Crippen LogP contribution in [0.1, 0.15) is 194 Å². The zero-order chi connectivity index (χ0) is 43.7. The lowest BCUT2D eigenvalue weighted by molar-refractivity contribution is -0.166. The van der Waals surface area contributed by atoms with Gasteiger partial charge in [0.25, 0.3) is 0 Å². The number of hydrogen-bond acceptors (Lipinski definition) is 6. The summed E-state index contributed by atoms with van der Waals surface area (Å²) in [6, 6.07) is 0. The quantitative estimate of drug-likeness (QED) is 0.0264. The van der Waals surface area contributed by atoms with Gasteiger partial charge in [0.15, 0.2) is 6.10 Å². The average molecular weight is 831 g/mol. The van der Waals surface area contributed by atoms with Gasteiger partial charge in [-0.25, -0.2) is 0 Å². The first-order valence-corrected chi connectivity index (χ1v) is 23.9. The number of esters is 3. The Hall–Kier alpha value is -3.93. The third kappa shape index (κ3) is 45.2. The lowest BCUT2D eigenvalue weighted by Gasteiger charge is -2.18. The largest absolute Gasteiger partial charge is 0.462 e. The van der Waals surface area contributed by atoms with Gasteiger partial charge in [0, 0.05) is 19.3 Å². The molecule has 0 saturated carbocycles. The molecule has 338 valence electrons. The summed E-state index contributed by atoms with van der Waals surface area (Å²) in [5.41, 5.74) is 0. The molecule has 0 aliphatic carbocycles. The number of unbranched alkanes of at least 4 members (excludes halogenated alkanes) is 12. The zero-order valence-corrected chi connectivity index (χ0v) is 38.4. The van der Waals surface area contributed by atoms with Crippen molar-refractivity contribution in [2.45, 2.75) is 200 Å². The molecule has 0 heterocycles. The average Bonchev–Trinajstić information content (AvgIpc) is 3.24. The molecule has 6 nitrogen and oxygen atoms in total. The predicted octanol–water partition coefficient (Wildman–Crippen LogP) is 15.6. The van der Waals surface area contributed by atoms with Gasteiger partial charge in [0.1, 0.15) is 13.2 Å². The summed E-state index contributed by atoms with van der Waals surface area (Å²) in [7, 11) is 0. The molecule has 0 saturated heterocycles. The van der Waals surface area contributed by atoms with Crippen molar-refractivity contribution in [3.05, 3.63) is 109 Å². The van der Waals surface area contributed by atoms with E-state index in [2.05, 4.69) is 118 Å². The number of carbonyl (C=O) groups is 3. The third-order valence-corrected chi connectivity index (χ3v) is 9.51. The summed E-state index contributed by atoms with van der Waals surface area (Å²) in [4.78, 5) is 37.8. The van der Waals surface area contributed by atoms with Crippen molar-refractivity contribution in [1.29, 1.82) is 0 Å². The fourth-order valence-corrected chi connectivity index (χ4v) is 5.97. The van der Waals surface area contributed by atoms with E-state index in [1.54, 1.807) is 0 Å². The highest BCUT2D eigenvalue weighted by atomic mass is 16.6. The minimum Gasteiger partial charge on any atom is -0.462 e. The second-order valence-electron chi connectivity index (χ2n) is 15.2. The Morgan fingerprint density at radius 3 is 1.13 bits per heavy atom. The molecule has 0 aromatic carbocycles. The Kier molecular flexibility index (Phi) is 44.6. The standard InChI is InChI=1S/C54H86O6/c1-4-7-10-13-16-19-22-25-27-28-30-32-35-38-41-44-47-53(56)59-50-51(49-58-52(55)46-43-40-37-34-31-24-21-18-15-12-9-6-3)60-54(57)48-45-42-39-36-33-29-26-23-20-17-14-11-8-5-2/h7-8,10-11,16-21,25-27,29-30,32,38,41,51H,4-6,9,12-15,22-24,28,31,33-37,39-40,42-50H2,1-3H3/b10-7-,11-8-,19-16-,20-17-,21-18-,27-25-,29-26-,32-30-,41-38-. The molecule has 0 radical (unpaired) electrons. The second kappa shape index (κ2) is 47.7. The van der Waals surface area contributed by atoms with E-state index in [0.717, 1.165) is 116 Å². The maximum Gasteiger partial charge on any atom is 0.306 e. The van der Waals surface area contributed by atoms with E-state index < -0.39 is 6.10 Å². The zero-order valence-electron chi connectivity index (χ0n) is 38.4. The first-order chi connectivity index (χ1) is 29.5. The normalized spacial score (nSPS) is 13.1. The molecular weight excluding hydrogens is 745 g/mol. The van der Waals surface area contributed by atoms with Crippen molar-refractivity contribution < 1.29 is 28.6 Å². The highest BCUT2D eigenvalue weighted by Gasteiger charge is 2.19. The van der Waals surface area contributed by atoms with Crippen molar-refractivity contribution >= 4 is 17.9 Å². The van der Waals surface area contributed by atoms with Crippen LogP contribution in [0.15, 0.2) is 109 Å². The van der Waals surface area contributed by atoms with Gasteiger partial charge in [0.2, 0.25) is 0 Å². The summed E-state index contributed by atoms with van der Waals surface area (Å²) < 4.78 is 16.6. The molecular formula is C54H86O6. The summed E-state index contributed by atoms with van der Waals surface area (Å²) in [6.45, 7) is 6.27. The Morgan fingerprint density at radius 1 is 0.350 bits per heavy atom. The van der Waals surface area contributed by atoms with Gasteiger partial charge in [-0.3, -0.25) is 14.4 Å². The lowest BCUT2D eigenvalue weighted by Crippen LogP contribution is -2.30. The number of rotatable bonds is 41. The summed E-state index contributed by atoms with van der Waals surface area (Å²) in [5, 5.41) is 0. The molecule has 1 atom stereocenters. The molecule has 0 bridgehead atoms. The van der Waals surface area contributed by atoms with Gasteiger partial charge in [-0.05, 0) is 109 Å². The molecule has 0 spiro atoms. The number of carbonyl (C=O) groups excluding carboxylic acids is 3. The molecule has 6 heteroatoms.